The molecule has 4 heteroatoms. The van der Waals surface area contributed by atoms with Gasteiger partial charge in [-0.15, -0.1) is 0 Å². The number of rotatable bonds is 7. The van der Waals surface area contributed by atoms with Crippen molar-refractivity contribution in [2.75, 3.05) is 0 Å². The van der Waals surface area contributed by atoms with Gasteiger partial charge in [-0.3, -0.25) is 0 Å². The third kappa shape index (κ3) is 6.53. The molecular formula is C43H62Ge4. The van der Waals surface area contributed by atoms with Gasteiger partial charge in [0.1, 0.15) is 0 Å². The molecule has 0 aromatic heterocycles. The van der Waals surface area contributed by atoms with Crippen molar-refractivity contribution in [3.63, 3.8) is 0 Å². The van der Waals surface area contributed by atoms with Crippen molar-refractivity contribution in [2.45, 2.75) is 114 Å². The van der Waals surface area contributed by atoms with E-state index in [4.69, 9.17) is 0 Å². The molecule has 0 fully saturated rings. The fraction of sp³-hybridized carbons (Fsp3) is 0.442. The minimum atomic E-state index is -2.07. The van der Waals surface area contributed by atoms with Crippen LogP contribution in [0, 0.1) is 6.92 Å². The molecule has 47 heavy (non-hydrogen) atoms. The molecule has 2 aliphatic rings. The Kier molecular flexibility index (Phi) is 10.6. The van der Waals surface area contributed by atoms with Gasteiger partial charge in [-0.1, -0.05) is 0 Å². The maximum absolute atomic E-state index is 2.70. The monoisotopic (exact) mass is 874 g/mol. The van der Waals surface area contributed by atoms with E-state index < -0.39 is 39.8 Å². The molecule has 0 saturated carbocycles. The van der Waals surface area contributed by atoms with Crippen molar-refractivity contribution in [1.82, 2.24) is 0 Å². The molecule has 1 unspecified atom stereocenters. The summed E-state index contributed by atoms with van der Waals surface area (Å²) in [4.78, 5) is 0. The predicted molar refractivity (Wildman–Crippen MR) is 224 cm³/mol. The molecule has 0 bridgehead atoms. The first kappa shape index (κ1) is 37.3. The van der Waals surface area contributed by atoms with Crippen LogP contribution in [0.15, 0.2) is 72.8 Å². The average Bonchev–Trinajstić information content (AvgIpc) is 3.42. The van der Waals surface area contributed by atoms with Crippen LogP contribution in [0.5, 0.6) is 0 Å². The molecule has 0 saturated heterocycles. The van der Waals surface area contributed by atoms with E-state index in [0.717, 1.165) is 19.3 Å². The van der Waals surface area contributed by atoms with Crippen LogP contribution in [0.25, 0.3) is 22.3 Å². The van der Waals surface area contributed by atoms with Crippen LogP contribution in [0.4, 0.5) is 0 Å². The molecule has 0 radical (unpaired) electrons. The van der Waals surface area contributed by atoms with Gasteiger partial charge in [0, 0.05) is 0 Å². The summed E-state index contributed by atoms with van der Waals surface area (Å²) in [5.74, 6) is 27.6. The third-order valence-corrected chi connectivity index (χ3v) is 24.1. The fourth-order valence-corrected chi connectivity index (χ4v) is 15.7. The predicted octanol–water partition coefficient (Wildman–Crippen LogP) is 10.3. The standard InChI is InChI=1S/C41H54Ge3.C2H8Ge/c1-13-40(36-23-28(3)15-19-32(36)33-20-16-29(24-37(33)40)42(4,5)6)27-41(14-2)38-25-30(43(7,8)9)17-21-34(38)35-22-18-31(26-39(35)41)44(10,11)12;1-3-2/h15-26H,13-14,27H2,1-12H3;3H2,1-2H3. The zero-order valence-corrected chi connectivity index (χ0v) is 41.5. The Morgan fingerprint density at radius 3 is 1.02 bits per heavy atom. The second kappa shape index (κ2) is 13.3. The quantitative estimate of drug-likeness (QED) is 0.162. The summed E-state index contributed by atoms with van der Waals surface area (Å²) in [6, 6.07) is 30.4. The second-order valence-electron chi connectivity index (χ2n) is 17.8. The number of hydrogen-bond donors (Lipinski definition) is 0. The van der Waals surface area contributed by atoms with Crippen molar-refractivity contribution >= 4 is 68.4 Å². The molecule has 0 amide bonds. The maximum atomic E-state index is 2.70. The van der Waals surface area contributed by atoms with Gasteiger partial charge < -0.3 is 0 Å². The van der Waals surface area contributed by atoms with Gasteiger partial charge in [-0.2, -0.15) is 0 Å². The number of hydrogen-bond acceptors (Lipinski definition) is 0. The molecule has 0 nitrogen and oxygen atoms in total. The molecule has 4 aromatic carbocycles. The normalized spacial score (nSPS) is 17.7. The van der Waals surface area contributed by atoms with Crippen LogP contribution >= 0.6 is 0 Å². The van der Waals surface area contributed by atoms with Gasteiger partial charge in [0.2, 0.25) is 0 Å². The van der Waals surface area contributed by atoms with E-state index in [1.807, 2.05) is 0 Å². The van der Waals surface area contributed by atoms with Gasteiger partial charge in [0.25, 0.3) is 0 Å². The van der Waals surface area contributed by atoms with Crippen LogP contribution in [-0.4, -0.2) is 55.2 Å². The van der Waals surface area contributed by atoms with Crippen LogP contribution in [0.3, 0.4) is 0 Å². The Balaban J connectivity index is 0.00000139. The van der Waals surface area contributed by atoms with Crippen LogP contribution in [-0.2, 0) is 10.8 Å². The zero-order valence-electron chi connectivity index (χ0n) is 32.3. The van der Waals surface area contributed by atoms with E-state index in [9.17, 15) is 0 Å². The van der Waals surface area contributed by atoms with Crippen molar-refractivity contribution in [3.05, 3.63) is 101 Å². The van der Waals surface area contributed by atoms with Crippen LogP contribution in [0.1, 0.15) is 60.9 Å². The molecular weight excluding hydrogens is 807 g/mol. The van der Waals surface area contributed by atoms with Gasteiger partial charge in [0.15, 0.2) is 0 Å². The summed E-state index contributed by atoms with van der Waals surface area (Å²) in [6.07, 6.45) is 3.39. The van der Waals surface area contributed by atoms with E-state index in [1.165, 1.54) is 27.8 Å². The van der Waals surface area contributed by atoms with Gasteiger partial charge in [-0.05, 0) is 0 Å². The Labute approximate surface area is 302 Å². The third-order valence-electron chi connectivity index (χ3n) is 11.3. The van der Waals surface area contributed by atoms with Crippen molar-refractivity contribution in [1.29, 1.82) is 0 Å². The Morgan fingerprint density at radius 1 is 0.468 bits per heavy atom. The van der Waals surface area contributed by atoms with E-state index in [2.05, 4.69) is 157 Å². The second-order valence-corrected chi connectivity index (χ2v) is 52.8. The van der Waals surface area contributed by atoms with Gasteiger partial charge >= 0.3 is 305 Å². The summed E-state index contributed by atoms with van der Waals surface area (Å²) in [5, 5.41) is 0. The number of fused-ring (bicyclic) bond motifs is 6. The molecule has 0 spiro atoms. The van der Waals surface area contributed by atoms with E-state index in [-0.39, 0.29) is 26.3 Å². The van der Waals surface area contributed by atoms with Crippen molar-refractivity contribution < 1.29 is 0 Å². The molecule has 0 heterocycles. The molecule has 2 aliphatic carbocycles. The molecule has 4 aromatic rings. The van der Waals surface area contributed by atoms with Crippen LogP contribution < -0.4 is 13.2 Å². The number of benzene rings is 4. The fourth-order valence-electron chi connectivity index (χ4n) is 8.41. The molecule has 0 N–H and O–H groups in total. The van der Waals surface area contributed by atoms with Crippen LogP contribution in [0.2, 0.25) is 63.3 Å². The van der Waals surface area contributed by atoms with Gasteiger partial charge in [0.05, 0.1) is 0 Å². The summed E-state index contributed by atoms with van der Waals surface area (Å²) >= 11 is -6.06. The molecule has 6 rings (SSSR count). The summed E-state index contributed by atoms with van der Waals surface area (Å²) < 4.78 is 4.91. The number of aryl methyl sites for hydroxylation is 1. The van der Waals surface area contributed by atoms with Gasteiger partial charge in [-0.25, -0.2) is 0 Å². The Morgan fingerprint density at radius 2 is 0.745 bits per heavy atom. The van der Waals surface area contributed by atoms with E-state index in [0.29, 0.717) is 0 Å². The van der Waals surface area contributed by atoms with Crippen molar-refractivity contribution in [2.24, 2.45) is 0 Å². The summed E-state index contributed by atoms with van der Waals surface area (Å²) in [7, 11) is 0. The Hall–Kier alpha value is -0.949. The zero-order chi connectivity index (χ0) is 34.7. The first-order chi connectivity index (χ1) is 21.9. The minimum absolute atomic E-state index is 0.0184. The first-order valence-electron chi connectivity index (χ1n) is 18.4. The summed E-state index contributed by atoms with van der Waals surface area (Å²) in [6.45, 7) is 7.26. The Bertz CT molecular complexity index is 1730. The average molecular weight is 869 g/mol. The summed E-state index contributed by atoms with van der Waals surface area (Å²) in [5.41, 5.74) is 13.7. The van der Waals surface area contributed by atoms with Crippen molar-refractivity contribution in [3.8, 4) is 22.3 Å². The SMILES string of the molecule is CCC1(CC2(CC)c3c[c]([Ge]([CH3])([CH3])[CH3])ccc3-c3cc[c]([Ge]([CH3])([CH3])[CH3])cc32)c2cc(C)ccc2-c2cc[c]([Ge]([CH3])([CH3])[CH3])cc21.[CH3][GeH2][CH3]. The molecule has 0 aliphatic heterocycles. The molecule has 250 valence electrons. The first-order valence-corrected chi connectivity index (χ1v) is 46.4. The van der Waals surface area contributed by atoms with E-state index in [1.54, 1.807) is 35.4 Å². The topological polar surface area (TPSA) is 0 Å². The molecule has 1 atom stereocenters. The van der Waals surface area contributed by atoms with E-state index >= 15 is 0 Å².